The van der Waals surface area contributed by atoms with Crippen LogP contribution in [0.25, 0.3) is 11.4 Å². The summed E-state index contributed by atoms with van der Waals surface area (Å²) in [7, 11) is -2.07. The third-order valence-electron chi connectivity index (χ3n) is 5.71. The monoisotopic (exact) mass is 425 g/mol. The van der Waals surface area contributed by atoms with Gasteiger partial charge in [0.1, 0.15) is 16.5 Å². The predicted octanol–water partition coefficient (Wildman–Crippen LogP) is 3.97. The molecule has 3 aromatic rings. The second-order valence-electron chi connectivity index (χ2n) is 7.77. The van der Waals surface area contributed by atoms with Crippen molar-refractivity contribution >= 4 is 10.0 Å². The molecule has 0 atom stereocenters. The summed E-state index contributed by atoms with van der Waals surface area (Å²) in [6.07, 6.45) is 5.47. The van der Waals surface area contributed by atoms with Crippen molar-refractivity contribution in [1.29, 1.82) is 0 Å². The van der Waals surface area contributed by atoms with E-state index in [2.05, 4.69) is 21.7 Å². The first-order valence-electron chi connectivity index (χ1n) is 10.2. The van der Waals surface area contributed by atoms with Gasteiger partial charge in [-0.1, -0.05) is 36.4 Å². The Kier molecular flexibility index (Phi) is 5.92. The smallest absolute Gasteiger partial charge is 0.246 e. The van der Waals surface area contributed by atoms with E-state index in [4.69, 9.17) is 4.74 Å². The number of imidazole rings is 1. The third-order valence-corrected chi connectivity index (χ3v) is 7.63. The van der Waals surface area contributed by atoms with Gasteiger partial charge in [0, 0.05) is 37.6 Å². The van der Waals surface area contributed by atoms with Crippen molar-refractivity contribution in [3.63, 3.8) is 0 Å². The molecule has 1 saturated heterocycles. The highest BCUT2D eigenvalue weighted by Gasteiger charge is 2.31. The minimum atomic E-state index is -3.57. The van der Waals surface area contributed by atoms with Crippen LogP contribution in [0.3, 0.4) is 0 Å². The van der Waals surface area contributed by atoms with Crippen molar-refractivity contribution in [3.05, 3.63) is 66.5 Å². The Balaban J connectivity index is 1.45. The van der Waals surface area contributed by atoms with Gasteiger partial charge in [0.15, 0.2) is 0 Å². The quantitative estimate of drug-likeness (QED) is 0.600. The summed E-state index contributed by atoms with van der Waals surface area (Å²) in [6.45, 7) is 3.75. The van der Waals surface area contributed by atoms with Crippen molar-refractivity contribution in [3.8, 4) is 17.1 Å². The van der Waals surface area contributed by atoms with Crippen molar-refractivity contribution in [2.24, 2.45) is 5.92 Å². The van der Waals surface area contributed by atoms with Gasteiger partial charge in [0.25, 0.3) is 0 Å². The second-order valence-corrected chi connectivity index (χ2v) is 9.68. The Morgan fingerprint density at radius 2 is 1.83 bits per heavy atom. The van der Waals surface area contributed by atoms with Crippen LogP contribution in [0.2, 0.25) is 0 Å². The van der Waals surface area contributed by atoms with Gasteiger partial charge in [0.05, 0.1) is 7.11 Å². The summed E-state index contributed by atoms with van der Waals surface area (Å²) in [5, 5.41) is 0. The number of methoxy groups -OCH3 is 1. The first kappa shape index (κ1) is 20.6. The second kappa shape index (κ2) is 8.62. The molecule has 158 valence electrons. The average molecular weight is 426 g/mol. The van der Waals surface area contributed by atoms with Crippen molar-refractivity contribution in [2.75, 3.05) is 20.2 Å². The molecule has 2 heterocycles. The number of benzene rings is 2. The van der Waals surface area contributed by atoms with E-state index in [9.17, 15) is 8.42 Å². The maximum absolute atomic E-state index is 13.2. The molecule has 7 heteroatoms. The number of hydrogen-bond acceptors (Lipinski definition) is 4. The molecule has 0 unspecified atom stereocenters. The maximum Gasteiger partial charge on any atom is 0.246 e. The lowest BCUT2D eigenvalue weighted by Crippen LogP contribution is -2.39. The molecule has 0 radical (unpaired) electrons. The molecule has 2 aromatic carbocycles. The van der Waals surface area contributed by atoms with Gasteiger partial charge in [0.2, 0.25) is 10.0 Å². The Bertz CT molecular complexity index is 1100. The lowest BCUT2D eigenvalue weighted by molar-refractivity contribution is 0.253. The summed E-state index contributed by atoms with van der Waals surface area (Å²) >= 11 is 0. The van der Waals surface area contributed by atoms with Gasteiger partial charge in [-0.2, -0.15) is 4.31 Å². The van der Waals surface area contributed by atoms with Crippen molar-refractivity contribution < 1.29 is 13.2 Å². The molecule has 30 heavy (non-hydrogen) atoms. The van der Waals surface area contributed by atoms with E-state index in [0.29, 0.717) is 24.8 Å². The Morgan fingerprint density at radius 3 is 2.53 bits per heavy atom. The molecule has 0 saturated carbocycles. The number of sulfonamides is 1. The van der Waals surface area contributed by atoms with Crippen LogP contribution in [0.5, 0.6) is 5.75 Å². The fourth-order valence-electron chi connectivity index (χ4n) is 4.04. The van der Waals surface area contributed by atoms with E-state index in [1.54, 1.807) is 16.4 Å². The number of nitrogens with zero attached hydrogens (tertiary/aromatic N) is 3. The zero-order valence-electron chi connectivity index (χ0n) is 17.4. The first-order chi connectivity index (χ1) is 14.5. The highest BCUT2D eigenvalue weighted by Crippen LogP contribution is 2.31. The Hall–Kier alpha value is -2.64. The van der Waals surface area contributed by atoms with Crippen molar-refractivity contribution in [2.45, 2.75) is 31.2 Å². The van der Waals surface area contributed by atoms with E-state index in [1.165, 1.54) is 7.11 Å². The number of rotatable bonds is 6. The molecule has 0 spiro atoms. The zero-order valence-corrected chi connectivity index (χ0v) is 18.2. The largest absolute Gasteiger partial charge is 0.495 e. The SMILES string of the molecule is COc1ccc(C)cc1S(=O)(=O)N1CCC(Cn2ccnc2-c2ccccc2)CC1. The predicted molar refractivity (Wildman–Crippen MR) is 117 cm³/mol. The molecular formula is C23H27N3O3S. The number of piperidine rings is 1. The van der Waals surface area contributed by atoms with Crippen LogP contribution in [0.1, 0.15) is 18.4 Å². The molecule has 1 aliphatic rings. The van der Waals surface area contributed by atoms with Crippen LogP contribution < -0.4 is 4.74 Å². The number of hydrogen-bond donors (Lipinski definition) is 0. The van der Waals surface area contributed by atoms with Crippen LogP contribution in [-0.4, -0.2) is 42.5 Å². The van der Waals surface area contributed by atoms with Crippen molar-refractivity contribution in [1.82, 2.24) is 13.9 Å². The van der Waals surface area contributed by atoms with Gasteiger partial charge >= 0.3 is 0 Å². The first-order valence-corrected chi connectivity index (χ1v) is 11.6. The molecular weight excluding hydrogens is 398 g/mol. The Labute approximate surface area is 178 Å². The lowest BCUT2D eigenvalue weighted by Gasteiger charge is -2.32. The van der Waals surface area contributed by atoms with E-state index in [1.807, 2.05) is 43.6 Å². The molecule has 0 bridgehead atoms. The van der Waals surface area contributed by atoms with Gasteiger partial charge in [-0.05, 0) is 43.4 Å². The van der Waals surface area contributed by atoms with Crippen LogP contribution in [-0.2, 0) is 16.6 Å². The topological polar surface area (TPSA) is 64.4 Å². The zero-order chi connectivity index (χ0) is 21.1. The summed E-state index contributed by atoms with van der Waals surface area (Å²) in [4.78, 5) is 4.77. The maximum atomic E-state index is 13.2. The fourth-order valence-corrected chi connectivity index (χ4v) is 5.75. The molecule has 4 rings (SSSR count). The highest BCUT2D eigenvalue weighted by molar-refractivity contribution is 7.89. The minimum absolute atomic E-state index is 0.254. The van der Waals surface area contributed by atoms with Gasteiger partial charge < -0.3 is 9.30 Å². The van der Waals surface area contributed by atoms with Gasteiger partial charge in [-0.25, -0.2) is 13.4 Å². The van der Waals surface area contributed by atoms with Gasteiger partial charge in [-0.3, -0.25) is 0 Å². The normalized spacial score (nSPS) is 15.9. The van der Waals surface area contributed by atoms with Gasteiger partial charge in [-0.15, -0.1) is 0 Å². The van der Waals surface area contributed by atoms with Crippen LogP contribution in [0.4, 0.5) is 0 Å². The standard InChI is InChI=1S/C23H27N3O3S/c1-18-8-9-21(29-2)22(16-18)30(27,28)26-13-10-19(11-14-26)17-25-15-12-24-23(25)20-6-4-3-5-7-20/h3-9,12,15-16,19H,10-11,13-14,17H2,1-2H3. The van der Waals surface area contributed by atoms with E-state index in [-0.39, 0.29) is 4.90 Å². The summed E-state index contributed by atoms with van der Waals surface area (Å²) < 4.78 is 35.5. The summed E-state index contributed by atoms with van der Waals surface area (Å²) in [6, 6.07) is 15.4. The molecule has 6 nitrogen and oxygen atoms in total. The lowest BCUT2D eigenvalue weighted by atomic mass is 9.98. The minimum Gasteiger partial charge on any atom is -0.495 e. The Morgan fingerprint density at radius 1 is 1.10 bits per heavy atom. The third kappa shape index (κ3) is 4.13. The molecule has 0 amide bonds. The fraction of sp³-hybridized carbons (Fsp3) is 0.348. The molecule has 1 aromatic heterocycles. The van der Waals surface area contributed by atoms with Crippen LogP contribution >= 0.6 is 0 Å². The van der Waals surface area contributed by atoms with E-state index < -0.39 is 10.0 Å². The molecule has 0 N–H and O–H groups in total. The average Bonchev–Trinajstić information content (AvgIpc) is 3.23. The summed E-state index contributed by atoms with van der Waals surface area (Å²) in [5.41, 5.74) is 1.99. The number of ether oxygens (including phenoxy) is 1. The molecule has 1 aliphatic heterocycles. The van der Waals surface area contributed by atoms with Crippen LogP contribution in [0, 0.1) is 12.8 Å². The molecule has 1 fully saturated rings. The van der Waals surface area contributed by atoms with Crippen LogP contribution in [0.15, 0.2) is 65.8 Å². The number of aryl methyl sites for hydroxylation is 1. The molecule has 0 aliphatic carbocycles. The summed E-state index contributed by atoms with van der Waals surface area (Å²) in [5.74, 6) is 1.76. The van der Waals surface area contributed by atoms with E-state index in [0.717, 1.165) is 36.3 Å². The highest BCUT2D eigenvalue weighted by atomic mass is 32.2. The number of aromatic nitrogens is 2. The van der Waals surface area contributed by atoms with E-state index >= 15 is 0 Å².